The number of anilines is 1. The number of hydrogen-bond donors (Lipinski definition) is 2. The molecule has 0 aliphatic heterocycles. The van der Waals surface area contributed by atoms with Crippen LogP contribution in [-0.2, 0) is 4.74 Å². The zero-order valence-electron chi connectivity index (χ0n) is 11.5. The van der Waals surface area contributed by atoms with Gasteiger partial charge in [-0.3, -0.25) is 0 Å². The molecule has 1 aromatic heterocycles. The first-order chi connectivity index (χ1) is 9.75. The smallest absolute Gasteiger partial charge is 0.354 e. The molecule has 0 unspecified atom stereocenters. The number of aromatic nitrogens is 2. The Hall–Kier alpha value is -1.69. The lowest BCUT2D eigenvalue weighted by molar-refractivity contribution is 0.0284. The van der Waals surface area contributed by atoms with Gasteiger partial charge in [0, 0.05) is 19.3 Å². The summed E-state index contributed by atoms with van der Waals surface area (Å²) in [4.78, 5) is 18.6. The predicted octanol–water partition coefficient (Wildman–Crippen LogP) is 2.33. The average Bonchev–Trinajstić information content (AvgIpc) is 2.48. The molecule has 1 aliphatic carbocycles. The molecule has 1 fully saturated rings. The van der Waals surface area contributed by atoms with Crippen LogP contribution in [0.3, 0.4) is 0 Å². The van der Waals surface area contributed by atoms with Gasteiger partial charge in [0.05, 0.1) is 6.10 Å². The van der Waals surface area contributed by atoms with Gasteiger partial charge in [-0.2, -0.15) is 0 Å². The molecule has 0 spiro atoms. The number of aromatic carboxylic acids is 1. The van der Waals surface area contributed by atoms with E-state index in [1.807, 2.05) is 0 Å². The standard InChI is InChI=1S/C14H21N3O3/c18-13(19)12-7-9-16-14(17-12)15-8-4-10-20-11-5-2-1-3-6-11/h7,9,11H,1-6,8,10H2,(H,18,19)(H,15,16,17). The van der Waals surface area contributed by atoms with E-state index in [2.05, 4.69) is 15.3 Å². The molecule has 110 valence electrons. The number of nitrogens with zero attached hydrogens (tertiary/aromatic N) is 2. The van der Waals surface area contributed by atoms with Crippen molar-refractivity contribution in [3.63, 3.8) is 0 Å². The Morgan fingerprint density at radius 1 is 1.40 bits per heavy atom. The Kier molecular flexibility index (Phi) is 5.73. The highest BCUT2D eigenvalue weighted by molar-refractivity contribution is 5.85. The molecule has 6 nitrogen and oxygen atoms in total. The minimum Gasteiger partial charge on any atom is -0.477 e. The molecule has 2 N–H and O–H groups in total. The van der Waals surface area contributed by atoms with E-state index in [0.717, 1.165) is 13.0 Å². The molecule has 0 aromatic carbocycles. The molecule has 1 aromatic rings. The Morgan fingerprint density at radius 3 is 2.95 bits per heavy atom. The molecular weight excluding hydrogens is 258 g/mol. The molecule has 0 saturated heterocycles. The molecule has 1 aliphatic rings. The van der Waals surface area contributed by atoms with Crippen molar-refractivity contribution in [1.82, 2.24) is 9.97 Å². The second-order valence-corrected chi connectivity index (χ2v) is 4.98. The van der Waals surface area contributed by atoms with E-state index in [1.54, 1.807) is 0 Å². The van der Waals surface area contributed by atoms with E-state index in [0.29, 0.717) is 18.6 Å². The molecule has 1 saturated carbocycles. The third kappa shape index (κ3) is 4.77. The quantitative estimate of drug-likeness (QED) is 0.745. The van der Waals surface area contributed by atoms with Crippen LogP contribution in [0.1, 0.15) is 49.0 Å². The third-order valence-corrected chi connectivity index (χ3v) is 3.38. The van der Waals surface area contributed by atoms with Crippen LogP contribution in [0.15, 0.2) is 12.3 Å². The molecule has 0 atom stereocenters. The van der Waals surface area contributed by atoms with Crippen LogP contribution in [-0.4, -0.2) is 40.3 Å². The second kappa shape index (κ2) is 7.79. The van der Waals surface area contributed by atoms with E-state index < -0.39 is 5.97 Å². The van der Waals surface area contributed by atoms with Gasteiger partial charge < -0.3 is 15.2 Å². The summed E-state index contributed by atoms with van der Waals surface area (Å²) in [6.07, 6.45) is 8.97. The van der Waals surface area contributed by atoms with Gasteiger partial charge in [-0.15, -0.1) is 0 Å². The van der Waals surface area contributed by atoms with E-state index in [-0.39, 0.29) is 5.69 Å². The van der Waals surface area contributed by atoms with Gasteiger partial charge in [-0.1, -0.05) is 19.3 Å². The van der Waals surface area contributed by atoms with E-state index in [1.165, 1.54) is 44.4 Å². The van der Waals surface area contributed by atoms with Crippen LogP contribution >= 0.6 is 0 Å². The van der Waals surface area contributed by atoms with Gasteiger partial charge in [-0.25, -0.2) is 14.8 Å². The molecule has 6 heteroatoms. The summed E-state index contributed by atoms with van der Waals surface area (Å²) in [7, 11) is 0. The van der Waals surface area contributed by atoms with Crippen LogP contribution in [0.25, 0.3) is 0 Å². The minimum absolute atomic E-state index is 0.000885. The monoisotopic (exact) mass is 279 g/mol. The average molecular weight is 279 g/mol. The first-order valence-electron chi connectivity index (χ1n) is 7.17. The highest BCUT2D eigenvalue weighted by Gasteiger charge is 2.13. The fraction of sp³-hybridized carbons (Fsp3) is 0.643. The summed E-state index contributed by atoms with van der Waals surface area (Å²) in [6.45, 7) is 1.39. The fourth-order valence-corrected chi connectivity index (χ4v) is 2.32. The number of ether oxygens (including phenoxy) is 1. The Bertz CT molecular complexity index is 433. The third-order valence-electron chi connectivity index (χ3n) is 3.38. The maximum Gasteiger partial charge on any atom is 0.354 e. The van der Waals surface area contributed by atoms with Crippen LogP contribution in [0.2, 0.25) is 0 Å². The summed E-state index contributed by atoms with van der Waals surface area (Å²) in [5, 5.41) is 11.8. The topological polar surface area (TPSA) is 84.3 Å². The van der Waals surface area contributed by atoms with Crippen molar-refractivity contribution < 1.29 is 14.6 Å². The van der Waals surface area contributed by atoms with Crippen molar-refractivity contribution in [3.05, 3.63) is 18.0 Å². The number of carbonyl (C=O) groups is 1. The van der Waals surface area contributed by atoms with Gasteiger partial charge in [0.1, 0.15) is 0 Å². The van der Waals surface area contributed by atoms with Crippen molar-refractivity contribution in [1.29, 1.82) is 0 Å². The van der Waals surface area contributed by atoms with Crippen LogP contribution in [0.5, 0.6) is 0 Å². The Balaban J connectivity index is 1.63. The summed E-state index contributed by atoms with van der Waals surface area (Å²) >= 11 is 0. The normalized spacial score (nSPS) is 16.0. The van der Waals surface area contributed by atoms with Crippen molar-refractivity contribution >= 4 is 11.9 Å². The summed E-state index contributed by atoms with van der Waals surface area (Å²) in [6, 6.07) is 1.37. The van der Waals surface area contributed by atoms with Crippen molar-refractivity contribution in [3.8, 4) is 0 Å². The second-order valence-electron chi connectivity index (χ2n) is 4.98. The molecular formula is C14H21N3O3. The van der Waals surface area contributed by atoms with E-state index in [4.69, 9.17) is 9.84 Å². The lowest BCUT2D eigenvalue weighted by atomic mass is 9.98. The number of rotatable bonds is 7. The first-order valence-corrected chi connectivity index (χ1v) is 7.17. The predicted molar refractivity (Wildman–Crippen MR) is 74.9 cm³/mol. The lowest BCUT2D eigenvalue weighted by Gasteiger charge is -2.21. The molecule has 0 radical (unpaired) electrons. The maximum atomic E-state index is 10.8. The minimum atomic E-state index is -1.05. The van der Waals surface area contributed by atoms with Crippen LogP contribution < -0.4 is 5.32 Å². The number of nitrogens with one attached hydrogen (secondary N) is 1. The van der Waals surface area contributed by atoms with Gasteiger partial charge in [0.15, 0.2) is 5.69 Å². The van der Waals surface area contributed by atoms with Crippen molar-refractivity contribution in [2.24, 2.45) is 0 Å². The largest absolute Gasteiger partial charge is 0.477 e. The van der Waals surface area contributed by atoms with Gasteiger partial charge in [-0.05, 0) is 25.3 Å². The van der Waals surface area contributed by atoms with Crippen molar-refractivity contribution in [2.45, 2.75) is 44.6 Å². The molecule has 20 heavy (non-hydrogen) atoms. The molecule has 0 amide bonds. The Morgan fingerprint density at radius 2 is 2.20 bits per heavy atom. The molecule has 2 rings (SSSR count). The van der Waals surface area contributed by atoms with Crippen LogP contribution in [0.4, 0.5) is 5.95 Å². The van der Waals surface area contributed by atoms with Gasteiger partial charge >= 0.3 is 5.97 Å². The Labute approximate surface area is 118 Å². The highest BCUT2D eigenvalue weighted by Crippen LogP contribution is 2.20. The summed E-state index contributed by atoms with van der Waals surface area (Å²) in [5.74, 6) is -0.696. The number of hydrogen-bond acceptors (Lipinski definition) is 5. The molecule has 0 bridgehead atoms. The first kappa shape index (κ1) is 14.7. The lowest BCUT2D eigenvalue weighted by Crippen LogP contribution is -2.18. The zero-order chi connectivity index (χ0) is 14.2. The van der Waals surface area contributed by atoms with E-state index in [9.17, 15) is 4.79 Å². The molecule has 1 heterocycles. The summed E-state index contributed by atoms with van der Waals surface area (Å²) in [5.41, 5.74) is 0.000885. The van der Waals surface area contributed by atoms with Gasteiger partial charge in [0.2, 0.25) is 5.95 Å². The van der Waals surface area contributed by atoms with Crippen LogP contribution in [0, 0.1) is 0 Å². The van der Waals surface area contributed by atoms with E-state index >= 15 is 0 Å². The maximum absolute atomic E-state index is 10.8. The van der Waals surface area contributed by atoms with Crippen molar-refractivity contribution in [2.75, 3.05) is 18.5 Å². The zero-order valence-corrected chi connectivity index (χ0v) is 11.5. The number of carboxylic acids is 1. The summed E-state index contributed by atoms with van der Waals surface area (Å²) < 4.78 is 5.81. The van der Waals surface area contributed by atoms with Gasteiger partial charge in [0.25, 0.3) is 0 Å². The fourth-order valence-electron chi connectivity index (χ4n) is 2.32. The number of carboxylic acid groups (broad SMARTS) is 1. The highest BCUT2D eigenvalue weighted by atomic mass is 16.5. The SMILES string of the molecule is O=C(O)c1ccnc(NCCCOC2CCCCC2)n1.